The quantitative estimate of drug-likeness (QED) is 0.803. The summed E-state index contributed by atoms with van der Waals surface area (Å²) in [6.07, 6.45) is 0. The maximum absolute atomic E-state index is 12.3. The molecule has 0 fully saturated rings. The fourth-order valence-corrected chi connectivity index (χ4v) is 2.92. The van der Waals surface area contributed by atoms with Gasteiger partial charge in [-0.2, -0.15) is 8.42 Å². The first kappa shape index (κ1) is 17.3. The van der Waals surface area contributed by atoms with Crippen LogP contribution in [0.1, 0.15) is 5.56 Å². The Balaban J connectivity index is 2.23. The third kappa shape index (κ3) is 4.22. The maximum Gasteiger partial charge on any atom is 0.339 e. The Hall–Kier alpha value is -2.09. The Kier molecular flexibility index (Phi) is 5.25. The van der Waals surface area contributed by atoms with Gasteiger partial charge in [0.25, 0.3) is 0 Å². The number of rotatable bonds is 5. The van der Waals surface area contributed by atoms with E-state index in [2.05, 4.69) is 5.32 Å². The number of benzene rings is 2. The van der Waals surface area contributed by atoms with E-state index < -0.39 is 10.1 Å². The van der Waals surface area contributed by atoms with E-state index in [1.54, 1.807) is 19.1 Å². The number of hydrogen-bond acceptors (Lipinski definition) is 5. The van der Waals surface area contributed by atoms with Crippen LogP contribution in [0.25, 0.3) is 0 Å². The van der Waals surface area contributed by atoms with Gasteiger partial charge >= 0.3 is 10.1 Å². The Bertz CT molecular complexity index is 820. The van der Waals surface area contributed by atoms with E-state index in [1.807, 2.05) is 0 Å². The average molecular weight is 355 g/mol. The lowest BCUT2D eigenvalue weighted by molar-refractivity contribution is -0.114. The zero-order valence-electron chi connectivity index (χ0n) is 12.2. The lowest BCUT2D eigenvalue weighted by atomic mass is 10.2. The molecule has 6 nitrogen and oxygen atoms in total. The van der Waals surface area contributed by atoms with E-state index in [4.69, 9.17) is 21.5 Å². The highest BCUT2D eigenvalue weighted by atomic mass is 35.5. The van der Waals surface area contributed by atoms with Gasteiger partial charge in [-0.1, -0.05) is 23.7 Å². The van der Waals surface area contributed by atoms with Gasteiger partial charge in [-0.3, -0.25) is 4.79 Å². The lowest BCUT2D eigenvalue weighted by Gasteiger charge is -2.10. The Morgan fingerprint density at radius 2 is 1.87 bits per heavy atom. The molecule has 0 aliphatic carbocycles. The lowest BCUT2D eigenvalue weighted by Crippen LogP contribution is -2.21. The summed E-state index contributed by atoms with van der Waals surface area (Å²) in [5.74, 6) is -0.310. The van der Waals surface area contributed by atoms with Crippen molar-refractivity contribution in [2.75, 3.05) is 11.9 Å². The van der Waals surface area contributed by atoms with Gasteiger partial charge in [0.15, 0.2) is 5.75 Å². The molecule has 0 bridgehead atoms. The summed E-state index contributed by atoms with van der Waals surface area (Å²) in [5, 5.41) is 2.75. The fourth-order valence-electron chi connectivity index (χ4n) is 1.77. The second-order valence-electron chi connectivity index (χ2n) is 4.70. The van der Waals surface area contributed by atoms with Gasteiger partial charge in [0, 0.05) is 5.69 Å². The number of carbonyl (C=O) groups excluding carboxylic acids is 1. The largest absolute Gasteiger partial charge is 0.377 e. The number of halogens is 1. The smallest absolute Gasteiger partial charge is 0.339 e. The molecule has 1 amide bonds. The van der Waals surface area contributed by atoms with Crippen molar-refractivity contribution in [2.45, 2.75) is 11.8 Å². The molecular weight excluding hydrogens is 340 g/mol. The number of carbonyl (C=O) groups is 1. The van der Waals surface area contributed by atoms with Crippen LogP contribution in [-0.4, -0.2) is 20.9 Å². The first-order valence-corrected chi connectivity index (χ1v) is 8.41. The molecule has 0 aromatic heterocycles. The topological polar surface area (TPSA) is 98.5 Å². The van der Waals surface area contributed by atoms with Crippen LogP contribution in [0.5, 0.6) is 5.75 Å². The number of nitrogens with one attached hydrogen (secondary N) is 1. The summed E-state index contributed by atoms with van der Waals surface area (Å²) >= 11 is 6.04. The number of aryl methyl sites for hydroxylation is 1. The van der Waals surface area contributed by atoms with Gasteiger partial charge in [-0.15, -0.1) is 0 Å². The monoisotopic (exact) mass is 354 g/mol. The molecule has 0 aliphatic heterocycles. The Labute approximate surface area is 139 Å². The highest BCUT2D eigenvalue weighted by molar-refractivity contribution is 7.87. The fraction of sp³-hybridized carbons (Fsp3) is 0.133. The van der Waals surface area contributed by atoms with Crippen LogP contribution >= 0.6 is 11.6 Å². The minimum absolute atomic E-state index is 0.0548. The van der Waals surface area contributed by atoms with Crippen molar-refractivity contribution >= 4 is 33.3 Å². The summed E-state index contributed by atoms with van der Waals surface area (Å²) in [4.78, 5) is 11.1. The SMILES string of the molecule is Cc1cccc(OS(=O)(=O)c2ccc(NC(=O)CN)cc2)c1Cl. The first-order chi connectivity index (χ1) is 10.8. The minimum atomic E-state index is -4.03. The van der Waals surface area contributed by atoms with E-state index in [0.29, 0.717) is 11.3 Å². The van der Waals surface area contributed by atoms with Gasteiger partial charge < -0.3 is 15.2 Å². The molecule has 0 saturated carbocycles. The summed E-state index contributed by atoms with van der Waals surface area (Å²) in [7, 11) is -4.03. The van der Waals surface area contributed by atoms with Crippen molar-refractivity contribution in [3.8, 4) is 5.75 Å². The summed E-state index contributed by atoms with van der Waals surface area (Å²) in [6, 6.07) is 10.4. The standard InChI is InChI=1S/C15H15ClN2O4S/c1-10-3-2-4-13(15(10)16)22-23(20,21)12-7-5-11(6-8-12)18-14(19)9-17/h2-8H,9,17H2,1H3,(H,18,19). The number of hydrogen-bond donors (Lipinski definition) is 2. The molecular formula is C15H15ClN2O4S. The first-order valence-electron chi connectivity index (χ1n) is 6.63. The highest BCUT2D eigenvalue weighted by Gasteiger charge is 2.18. The van der Waals surface area contributed by atoms with Crippen molar-refractivity contribution in [1.29, 1.82) is 0 Å². The van der Waals surface area contributed by atoms with Crippen molar-refractivity contribution in [1.82, 2.24) is 0 Å². The van der Waals surface area contributed by atoms with Gasteiger partial charge in [-0.05, 0) is 42.8 Å². The predicted molar refractivity (Wildman–Crippen MR) is 88.1 cm³/mol. The molecule has 0 radical (unpaired) electrons. The van der Waals surface area contributed by atoms with E-state index >= 15 is 0 Å². The van der Waals surface area contributed by atoms with Crippen molar-refractivity contribution in [3.05, 3.63) is 53.1 Å². The molecule has 2 rings (SSSR count). The predicted octanol–water partition coefficient (Wildman–Crippen LogP) is 2.31. The van der Waals surface area contributed by atoms with Crippen LogP contribution < -0.4 is 15.2 Å². The average Bonchev–Trinajstić information content (AvgIpc) is 2.52. The normalized spacial score (nSPS) is 11.1. The van der Waals surface area contributed by atoms with Crippen LogP contribution in [0.3, 0.4) is 0 Å². The molecule has 0 spiro atoms. The molecule has 23 heavy (non-hydrogen) atoms. The van der Waals surface area contributed by atoms with Crippen molar-refractivity contribution in [3.63, 3.8) is 0 Å². The molecule has 122 valence electrons. The highest BCUT2D eigenvalue weighted by Crippen LogP contribution is 2.30. The minimum Gasteiger partial charge on any atom is -0.377 e. The number of anilines is 1. The molecule has 0 saturated heterocycles. The van der Waals surface area contributed by atoms with Crippen LogP contribution in [0, 0.1) is 6.92 Å². The molecule has 3 N–H and O–H groups in total. The second kappa shape index (κ2) is 6.99. The molecule has 0 heterocycles. The third-order valence-electron chi connectivity index (χ3n) is 2.97. The van der Waals surface area contributed by atoms with Crippen LogP contribution in [0.4, 0.5) is 5.69 Å². The van der Waals surface area contributed by atoms with Crippen LogP contribution in [-0.2, 0) is 14.9 Å². The van der Waals surface area contributed by atoms with Gasteiger partial charge in [0.05, 0.1) is 11.6 Å². The molecule has 8 heteroatoms. The van der Waals surface area contributed by atoms with Gasteiger partial charge in [-0.25, -0.2) is 0 Å². The molecule has 2 aromatic carbocycles. The van der Waals surface area contributed by atoms with Crippen LogP contribution in [0.15, 0.2) is 47.4 Å². The van der Waals surface area contributed by atoms with Crippen molar-refractivity contribution in [2.24, 2.45) is 5.73 Å². The molecule has 2 aromatic rings. The number of amides is 1. The molecule has 0 aliphatic rings. The van der Waals surface area contributed by atoms with E-state index in [1.165, 1.54) is 30.3 Å². The van der Waals surface area contributed by atoms with E-state index in [0.717, 1.165) is 0 Å². The maximum atomic E-state index is 12.3. The van der Waals surface area contributed by atoms with Crippen LogP contribution in [0.2, 0.25) is 5.02 Å². The zero-order chi connectivity index (χ0) is 17.0. The summed E-state index contributed by atoms with van der Waals surface area (Å²) in [5.41, 5.74) is 6.34. The molecule has 0 atom stereocenters. The number of nitrogens with two attached hydrogens (primary N) is 1. The van der Waals surface area contributed by atoms with Gasteiger partial charge in [0.1, 0.15) is 4.90 Å². The summed E-state index contributed by atoms with van der Waals surface area (Å²) < 4.78 is 29.6. The Morgan fingerprint density at radius 1 is 1.22 bits per heavy atom. The second-order valence-corrected chi connectivity index (χ2v) is 6.63. The zero-order valence-corrected chi connectivity index (χ0v) is 13.8. The molecule has 0 unspecified atom stereocenters. The van der Waals surface area contributed by atoms with Crippen molar-refractivity contribution < 1.29 is 17.4 Å². The van der Waals surface area contributed by atoms with Gasteiger partial charge in [0.2, 0.25) is 5.91 Å². The summed E-state index contributed by atoms with van der Waals surface area (Å²) in [6.45, 7) is 1.59. The van der Waals surface area contributed by atoms with E-state index in [-0.39, 0.29) is 28.1 Å². The van der Waals surface area contributed by atoms with E-state index in [9.17, 15) is 13.2 Å². The Morgan fingerprint density at radius 3 is 2.48 bits per heavy atom. The third-order valence-corrected chi connectivity index (χ3v) is 4.70.